The van der Waals surface area contributed by atoms with Crippen molar-refractivity contribution in [1.29, 1.82) is 0 Å². The molecule has 0 amide bonds. The van der Waals surface area contributed by atoms with E-state index in [2.05, 4.69) is 40.2 Å². The second-order valence-corrected chi connectivity index (χ2v) is 9.51. The number of hydrogen-bond donors (Lipinski definition) is 0. The van der Waals surface area contributed by atoms with Gasteiger partial charge in [0.1, 0.15) is 0 Å². The van der Waals surface area contributed by atoms with Crippen LogP contribution in [0.15, 0.2) is 0 Å². The van der Waals surface area contributed by atoms with Crippen LogP contribution in [0.3, 0.4) is 0 Å². The first kappa shape index (κ1) is 14.9. The minimum atomic E-state index is 0.895. The summed E-state index contributed by atoms with van der Waals surface area (Å²) in [5.41, 5.74) is 0. The number of thioether (sulfide) groups is 3. The van der Waals surface area contributed by atoms with E-state index < -0.39 is 0 Å². The van der Waals surface area contributed by atoms with Crippen molar-refractivity contribution in [3.8, 4) is 0 Å². The van der Waals surface area contributed by atoms with Crippen LogP contribution in [0.4, 0.5) is 0 Å². The summed E-state index contributed by atoms with van der Waals surface area (Å²) in [6.07, 6.45) is 8.75. The molecule has 0 aromatic rings. The van der Waals surface area contributed by atoms with E-state index >= 15 is 0 Å². The fraction of sp³-hybridized carbons (Fsp3) is 1.00. The van der Waals surface area contributed by atoms with Gasteiger partial charge in [-0.1, -0.05) is 0 Å². The Morgan fingerprint density at radius 1 is 0.579 bits per heavy atom. The van der Waals surface area contributed by atoms with E-state index in [-0.39, 0.29) is 0 Å². The second-order valence-electron chi connectivity index (χ2n) is 6.06. The average Bonchev–Trinajstić information content (AvgIpc) is 2.51. The summed E-state index contributed by atoms with van der Waals surface area (Å²) in [6, 6.07) is 2.68. The van der Waals surface area contributed by atoms with Crippen molar-refractivity contribution in [3.05, 3.63) is 0 Å². The maximum Gasteiger partial charge on any atom is 0.0193 e. The van der Waals surface area contributed by atoms with Crippen molar-refractivity contribution in [3.63, 3.8) is 0 Å². The van der Waals surface area contributed by atoms with Gasteiger partial charge in [0.2, 0.25) is 0 Å². The molecule has 4 heteroatoms. The summed E-state index contributed by atoms with van der Waals surface area (Å²) in [5.74, 6) is 8.43. The Morgan fingerprint density at radius 3 is 1.21 bits per heavy atom. The highest BCUT2D eigenvalue weighted by Gasteiger charge is 2.34. The van der Waals surface area contributed by atoms with Crippen LogP contribution in [-0.4, -0.2) is 57.5 Å². The predicted molar refractivity (Wildman–Crippen MR) is 92.9 cm³/mol. The lowest BCUT2D eigenvalue weighted by Crippen LogP contribution is -2.54. The van der Waals surface area contributed by atoms with Crippen molar-refractivity contribution in [2.45, 2.75) is 56.7 Å². The predicted octanol–water partition coefficient (Wildman–Crippen LogP) is 3.98. The van der Waals surface area contributed by atoms with Gasteiger partial charge in [-0.15, -0.1) is 0 Å². The number of rotatable bonds is 3. The van der Waals surface area contributed by atoms with Gasteiger partial charge in [-0.3, -0.25) is 4.90 Å². The molecular weight excluding hydrogens is 290 g/mol. The topological polar surface area (TPSA) is 3.24 Å². The molecule has 0 bridgehead atoms. The van der Waals surface area contributed by atoms with Crippen LogP contribution in [0.1, 0.15) is 38.5 Å². The smallest absolute Gasteiger partial charge is 0.0193 e. The summed E-state index contributed by atoms with van der Waals surface area (Å²) in [4.78, 5) is 3.02. The van der Waals surface area contributed by atoms with Crippen molar-refractivity contribution >= 4 is 35.3 Å². The first-order valence-corrected chi connectivity index (χ1v) is 11.4. The molecule has 3 unspecified atom stereocenters. The Bertz CT molecular complexity index is 213. The van der Waals surface area contributed by atoms with Crippen LogP contribution in [0, 0.1) is 0 Å². The molecule has 3 aliphatic rings. The summed E-state index contributed by atoms with van der Waals surface area (Å²) in [6.45, 7) is 0. The largest absolute Gasteiger partial charge is 0.292 e. The highest BCUT2D eigenvalue weighted by molar-refractivity contribution is 7.99. The lowest BCUT2D eigenvalue weighted by Gasteiger charge is -2.47. The van der Waals surface area contributed by atoms with E-state index in [4.69, 9.17) is 0 Å². The van der Waals surface area contributed by atoms with Crippen molar-refractivity contribution in [2.75, 3.05) is 34.5 Å². The fourth-order valence-corrected chi connectivity index (χ4v) is 7.22. The van der Waals surface area contributed by atoms with Crippen LogP contribution in [0.25, 0.3) is 0 Å². The van der Waals surface area contributed by atoms with Gasteiger partial charge in [-0.25, -0.2) is 0 Å². The maximum absolute atomic E-state index is 3.02. The van der Waals surface area contributed by atoms with E-state index in [9.17, 15) is 0 Å². The van der Waals surface area contributed by atoms with Gasteiger partial charge in [-0.2, -0.15) is 35.3 Å². The minimum Gasteiger partial charge on any atom is -0.292 e. The molecular formula is C15H27NS3. The molecule has 3 aliphatic heterocycles. The highest BCUT2D eigenvalue weighted by Crippen LogP contribution is 2.34. The van der Waals surface area contributed by atoms with Gasteiger partial charge in [0.25, 0.3) is 0 Å². The van der Waals surface area contributed by atoms with Crippen LogP contribution < -0.4 is 0 Å². The molecule has 0 aliphatic carbocycles. The van der Waals surface area contributed by atoms with Crippen LogP contribution in [0.5, 0.6) is 0 Å². The maximum atomic E-state index is 3.02. The molecule has 0 saturated carbocycles. The molecule has 0 N–H and O–H groups in total. The Kier molecular flexibility index (Phi) is 6.17. The van der Waals surface area contributed by atoms with Gasteiger partial charge >= 0.3 is 0 Å². The summed E-state index contributed by atoms with van der Waals surface area (Å²) in [5, 5.41) is 0. The third-order valence-corrected chi connectivity index (χ3v) is 8.27. The SMILES string of the molecule is C1CSCC(N(C2CCCSC2)C2CCCSC2)C1. The molecule has 0 spiro atoms. The first-order chi connectivity index (χ1) is 9.45. The molecule has 3 fully saturated rings. The monoisotopic (exact) mass is 317 g/mol. The zero-order valence-electron chi connectivity index (χ0n) is 11.9. The lowest BCUT2D eigenvalue weighted by molar-refractivity contribution is 0.0900. The van der Waals surface area contributed by atoms with Gasteiger partial charge in [0.15, 0.2) is 0 Å². The number of hydrogen-bond acceptors (Lipinski definition) is 4. The van der Waals surface area contributed by atoms with E-state index in [0.717, 1.165) is 18.1 Å². The molecule has 1 nitrogen and oxygen atoms in total. The zero-order chi connectivity index (χ0) is 12.9. The van der Waals surface area contributed by atoms with E-state index in [1.807, 2.05) is 0 Å². The quantitative estimate of drug-likeness (QED) is 0.774. The Morgan fingerprint density at radius 2 is 0.947 bits per heavy atom. The lowest BCUT2D eigenvalue weighted by atomic mass is 10.0. The highest BCUT2D eigenvalue weighted by atomic mass is 32.2. The van der Waals surface area contributed by atoms with Crippen molar-refractivity contribution in [2.24, 2.45) is 0 Å². The zero-order valence-corrected chi connectivity index (χ0v) is 14.3. The normalized spacial score (nSPS) is 37.4. The fourth-order valence-electron chi connectivity index (χ4n) is 3.77. The molecule has 3 rings (SSSR count). The molecule has 3 atom stereocenters. The minimum absolute atomic E-state index is 0.895. The standard InChI is InChI=1S/C15H27NS3/c1-4-13(10-17-7-1)16(14-5-2-8-18-11-14)15-6-3-9-19-12-15/h13-15H,1-12H2. The molecule has 110 valence electrons. The van der Waals surface area contributed by atoms with Crippen LogP contribution >= 0.6 is 35.3 Å². The summed E-state index contributed by atoms with van der Waals surface area (Å²) >= 11 is 6.61. The van der Waals surface area contributed by atoms with Gasteiger partial charge in [-0.05, 0) is 55.8 Å². The molecule has 3 saturated heterocycles. The molecule has 0 aromatic heterocycles. The van der Waals surface area contributed by atoms with Gasteiger partial charge in [0, 0.05) is 35.4 Å². The van der Waals surface area contributed by atoms with Gasteiger partial charge in [0.05, 0.1) is 0 Å². The third-order valence-electron chi connectivity index (χ3n) is 4.67. The van der Waals surface area contributed by atoms with Gasteiger partial charge < -0.3 is 0 Å². The van der Waals surface area contributed by atoms with Crippen LogP contribution in [0.2, 0.25) is 0 Å². The Hall–Kier alpha value is 1.01. The van der Waals surface area contributed by atoms with E-state index in [1.54, 1.807) is 0 Å². The summed E-state index contributed by atoms with van der Waals surface area (Å²) in [7, 11) is 0. The van der Waals surface area contributed by atoms with Crippen LogP contribution in [-0.2, 0) is 0 Å². The van der Waals surface area contributed by atoms with E-state index in [0.29, 0.717) is 0 Å². The third kappa shape index (κ3) is 4.02. The first-order valence-electron chi connectivity index (χ1n) is 7.96. The van der Waals surface area contributed by atoms with Crippen molar-refractivity contribution < 1.29 is 0 Å². The van der Waals surface area contributed by atoms with E-state index in [1.165, 1.54) is 73.0 Å². The molecule has 3 heterocycles. The molecule has 19 heavy (non-hydrogen) atoms. The average molecular weight is 318 g/mol. The Balaban J connectivity index is 1.68. The molecule has 0 radical (unpaired) electrons. The Labute approximate surface area is 131 Å². The number of nitrogens with zero attached hydrogens (tertiary/aromatic N) is 1. The van der Waals surface area contributed by atoms with Crippen molar-refractivity contribution in [1.82, 2.24) is 4.90 Å². The molecule has 0 aromatic carbocycles. The summed E-state index contributed by atoms with van der Waals surface area (Å²) < 4.78 is 0. The second kappa shape index (κ2) is 7.86.